The Morgan fingerprint density at radius 2 is 1.82 bits per heavy atom. The molecule has 100 valence electrons. The van der Waals surface area contributed by atoms with Crippen LogP contribution in [0.2, 0.25) is 0 Å². The minimum absolute atomic E-state index is 0.151. The predicted molar refractivity (Wildman–Crippen MR) is 63.8 cm³/mol. The largest absolute Gasteiger partial charge is 0.480 e. The van der Waals surface area contributed by atoms with Gasteiger partial charge in [-0.05, 0) is 26.7 Å². The molecule has 0 spiro atoms. The van der Waals surface area contributed by atoms with E-state index in [1.807, 2.05) is 0 Å². The number of aliphatic carboxylic acids is 1. The van der Waals surface area contributed by atoms with Gasteiger partial charge in [-0.2, -0.15) is 17.0 Å². The Bertz CT molecular complexity index is 385. The average molecular weight is 264 g/mol. The Hall–Kier alpha value is -0.660. The van der Waals surface area contributed by atoms with Crippen molar-refractivity contribution in [1.29, 1.82) is 0 Å². The number of carboxylic acids is 1. The second-order valence-electron chi connectivity index (χ2n) is 4.64. The standard InChI is InChI=1S/C10H20N2O4S/c1-4-12(10(2,3)9(13)14)17(15,16)11-7-5-6-8-11/h4-8H2,1-3H3,(H,13,14). The molecule has 1 saturated heterocycles. The molecule has 0 unspecified atom stereocenters. The van der Waals surface area contributed by atoms with Crippen molar-refractivity contribution in [2.75, 3.05) is 19.6 Å². The SMILES string of the molecule is CCN(C(C)(C)C(=O)O)S(=O)(=O)N1CCCC1. The molecule has 1 N–H and O–H groups in total. The van der Waals surface area contributed by atoms with E-state index in [2.05, 4.69) is 0 Å². The summed E-state index contributed by atoms with van der Waals surface area (Å²) >= 11 is 0. The highest BCUT2D eigenvalue weighted by Gasteiger charge is 2.44. The summed E-state index contributed by atoms with van der Waals surface area (Å²) in [6, 6.07) is 0. The molecule has 1 fully saturated rings. The van der Waals surface area contributed by atoms with E-state index in [-0.39, 0.29) is 6.54 Å². The van der Waals surface area contributed by atoms with Crippen LogP contribution in [0.25, 0.3) is 0 Å². The lowest BCUT2D eigenvalue weighted by molar-refractivity contribution is -0.146. The van der Waals surface area contributed by atoms with Gasteiger partial charge in [0.25, 0.3) is 10.2 Å². The van der Waals surface area contributed by atoms with E-state index in [1.165, 1.54) is 18.2 Å². The first-order valence-electron chi connectivity index (χ1n) is 5.76. The van der Waals surface area contributed by atoms with Crippen LogP contribution in [0.4, 0.5) is 0 Å². The highest BCUT2D eigenvalue weighted by Crippen LogP contribution is 2.24. The lowest BCUT2D eigenvalue weighted by Gasteiger charge is -2.35. The van der Waals surface area contributed by atoms with Crippen molar-refractivity contribution >= 4 is 16.2 Å². The van der Waals surface area contributed by atoms with Gasteiger partial charge in [-0.1, -0.05) is 6.92 Å². The zero-order chi connectivity index (χ0) is 13.3. The molecule has 1 heterocycles. The molecule has 7 heteroatoms. The van der Waals surface area contributed by atoms with Crippen LogP contribution in [0.5, 0.6) is 0 Å². The van der Waals surface area contributed by atoms with E-state index in [4.69, 9.17) is 5.11 Å². The van der Waals surface area contributed by atoms with Crippen molar-refractivity contribution in [2.24, 2.45) is 0 Å². The van der Waals surface area contributed by atoms with Gasteiger partial charge in [0.2, 0.25) is 0 Å². The number of carbonyl (C=O) groups is 1. The van der Waals surface area contributed by atoms with E-state index >= 15 is 0 Å². The molecular formula is C10H20N2O4S. The quantitative estimate of drug-likeness (QED) is 0.785. The summed E-state index contributed by atoms with van der Waals surface area (Å²) in [4.78, 5) is 11.2. The van der Waals surface area contributed by atoms with Gasteiger partial charge in [0, 0.05) is 19.6 Å². The zero-order valence-electron chi connectivity index (χ0n) is 10.5. The second kappa shape index (κ2) is 4.91. The summed E-state index contributed by atoms with van der Waals surface area (Å²) in [7, 11) is -3.67. The van der Waals surface area contributed by atoms with Gasteiger partial charge in [0.15, 0.2) is 0 Å². The molecule has 0 amide bonds. The first-order valence-corrected chi connectivity index (χ1v) is 7.15. The minimum atomic E-state index is -3.67. The molecule has 1 rings (SSSR count). The third-order valence-electron chi connectivity index (χ3n) is 3.10. The van der Waals surface area contributed by atoms with Crippen molar-refractivity contribution in [2.45, 2.75) is 39.2 Å². The van der Waals surface area contributed by atoms with E-state index in [0.717, 1.165) is 17.1 Å². The van der Waals surface area contributed by atoms with Crippen LogP contribution < -0.4 is 0 Å². The highest BCUT2D eigenvalue weighted by atomic mass is 32.2. The molecule has 1 aliphatic heterocycles. The van der Waals surface area contributed by atoms with E-state index < -0.39 is 21.7 Å². The molecule has 0 saturated carbocycles. The van der Waals surface area contributed by atoms with E-state index in [0.29, 0.717) is 13.1 Å². The van der Waals surface area contributed by atoms with Gasteiger partial charge >= 0.3 is 5.97 Å². The molecule has 6 nitrogen and oxygen atoms in total. The Labute approximate surface area is 102 Å². The molecule has 0 aromatic rings. The van der Waals surface area contributed by atoms with E-state index in [9.17, 15) is 13.2 Å². The molecule has 1 aliphatic rings. The number of likely N-dealkylation sites (N-methyl/N-ethyl adjacent to an activating group) is 1. The molecule has 0 atom stereocenters. The van der Waals surface area contributed by atoms with Gasteiger partial charge in [0.1, 0.15) is 5.54 Å². The number of nitrogens with zero attached hydrogens (tertiary/aromatic N) is 2. The van der Waals surface area contributed by atoms with Crippen LogP contribution >= 0.6 is 0 Å². The fourth-order valence-corrected chi connectivity index (χ4v) is 3.99. The Morgan fingerprint density at radius 1 is 1.35 bits per heavy atom. The third-order valence-corrected chi connectivity index (χ3v) is 5.39. The van der Waals surface area contributed by atoms with Crippen molar-refractivity contribution < 1.29 is 18.3 Å². The van der Waals surface area contributed by atoms with Crippen LogP contribution in [0, 0.1) is 0 Å². The van der Waals surface area contributed by atoms with Gasteiger partial charge in [-0.3, -0.25) is 4.79 Å². The predicted octanol–water partition coefficient (Wildman–Crippen LogP) is 0.512. The van der Waals surface area contributed by atoms with Gasteiger partial charge in [-0.25, -0.2) is 0 Å². The van der Waals surface area contributed by atoms with Gasteiger partial charge in [0.05, 0.1) is 0 Å². The van der Waals surface area contributed by atoms with Crippen LogP contribution in [-0.2, 0) is 15.0 Å². The topological polar surface area (TPSA) is 77.9 Å². The third kappa shape index (κ3) is 2.61. The summed E-state index contributed by atoms with van der Waals surface area (Å²) in [5, 5.41) is 9.12. The molecule has 17 heavy (non-hydrogen) atoms. The number of rotatable bonds is 5. The number of hydrogen-bond donors (Lipinski definition) is 1. The summed E-state index contributed by atoms with van der Waals surface area (Å²) < 4.78 is 27.0. The Kier molecular flexibility index (Phi) is 4.16. The highest BCUT2D eigenvalue weighted by molar-refractivity contribution is 7.86. The maximum absolute atomic E-state index is 12.3. The molecular weight excluding hydrogens is 244 g/mol. The normalized spacial score (nSPS) is 18.8. The molecule has 0 bridgehead atoms. The first-order chi connectivity index (χ1) is 7.74. The minimum Gasteiger partial charge on any atom is -0.480 e. The average Bonchev–Trinajstić information content (AvgIpc) is 2.70. The summed E-state index contributed by atoms with van der Waals surface area (Å²) in [6.07, 6.45) is 1.68. The van der Waals surface area contributed by atoms with E-state index in [1.54, 1.807) is 6.92 Å². The van der Waals surface area contributed by atoms with Crippen LogP contribution in [0.1, 0.15) is 33.6 Å². The summed E-state index contributed by atoms with van der Waals surface area (Å²) in [6.45, 7) is 5.58. The molecule has 0 aromatic carbocycles. The summed E-state index contributed by atoms with van der Waals surface area (Å²) in [5.41, 5.74) is -1.42. The maximum atomic E-state index is 12.3. The van der Waals surface area contributed by atoms with Crippen LogP contribution in [-0.4, -0.2) is 53.3 Å². The summed E-state index contributed by atoms with van der Waals surface area (Å²) in [5.74, 6) is -1.14. The Balaban J connectivity index is 3.05. The number of carboxylic acid groups (broad SMARTS) is 1. The van der Waals surface area contributed by atoms with Gasteiger partial charge < -0.3 is 5.11 Å². The van der Waals surface area contributed by atoms with Crippen molar-refractivity contribution in [3.63, 3.8) is 0 Å². The molecule has 0 aromatic heterocycles. The van der Waals surface area contributed by atoms with Crippen LogP contribution in [0.3, 0.4) is 0 Å². The fourth-order valence-electron chi connectivity index (χ4n) is 2.01. The second-order valence-corrected chi connectivity index (χ2v) is 6.50. The molecule has 0 aliphatic carbocycles. The number of hydrogen-bond acceptors (Lipinski definition) is 3. The molecule has 0 radical (unpaired) electrons. The smallest absolute Gasteiger partial charge is 0.324 e. The van der Waals surface area contributed by atoms with Crippen molar-refractivity contribution in [3.05, 3.63) is 0 Å². The van der Waals surface area contributed by atoms with Crippen molar-refractivity contribution in [3.8, 4) is 0 Å². The zero-order valence-corrected chi connectivity index (χ0v) is 11.3. The van der Waals surface area contributed by atoms with Gasteiger partial charge in [-0.15, -0.1) is 0 Å². The lowest BCUT2D eigenvalue weighted by atomic mass is 10.1. The fraction of sp³-hybridized carbons (Fsp3) is 0.900. The first kappa shape index (κ1) is 14.4. The van der Waals surface area contributed by atoms with Crippen LogP contribution in [0.15, 0.2) is 0 Å². The maximum Gasteiger partial charge on any atom is 0.324 e. The lowest BCUT2D eigenvalue weighted by Crippen LogP contribution is -2.56. The monoisotopic (exact) mass is 264 g/mol. The van der Waals surface area contributed by atoms with Crippen molar-refractivity contribution in [1.82, 2.24) is 8.61 Å². The Morgan fingerprint density at radius 3 is 2.18 bits per heavy atom.